The van der Waals surface area contributed by atoms with Gasteiger partial charge in [-0.15, -0.1) is 0 Å². The van der Waals surface area contributed by atoms with Gasteiger partial charge < -0.3 is 4.90 Å². The average molecular weight is 388 g/mol. The van der Waals surface area contributed by atoms with Gasteiger partial charge >= 0.3 is 0 Å². The molecule has 0 saturated carbocycles. The van der Waals surface area contributed by atoms with Crippen LogP contribution in [0.4, 0.5) is 0 Å². The highest BCUT2D eigenvalue weighted by atomic mass is 127. The van der Waals surface area contributed by atoms with Crippen molar-refractivity contribution >= 4 is 51.6 Å². The van der Waals surface area contributed by atoms with Crippen molar-refractivity contribution in [3.8, 4) is 0 Å². The van der Waals surface area contributed by atoms with Crippen LogP contribution in [0.25, 0.3) is 0 Å². The van der Waals surface area contributed by atoms with Crippen LogP contribution < -0.4 is 0 Å². The largest absolute Gasteiger partial charge is 0.312 e. The highest BCUT2D eigenvalue weighted by Gasteiger charge is 2.14. The Kier molecular flexibility index (Phi) is 8.37. The van der Waals surface area contributed by atoms with E-state index < -0.39 is 0 Å². The highest BCUT2D eigenvalue weighted by molar-refractivity contribution is 14.1. The molecule has 96 valence electrons. The first-order valence-corrected chi connectivity index (χ1v) is 7.00. The van der Waals surface area contributed by atoms with E-state index in [1.165, 1.54) is 0 Å². The van der Waals surface area contributed by atoms with Crippen LogP contribution in [0.1, 0.15) is 17.3 Å². The predicted molar refractivity (Wildman–Crippen MR) is 83.9 cm³/mol. The zero-order chi connectivity index (χ0) is 13.6. The van der Waals surface area contributed by atoms with Gasteiger partial charge in [0.2, 0.25) is 0 Å². The third-order valence-electron chi connectivity index (χ3n) is 1.56. The summed E-state index contributed by atoms with van der Waals surface area (Å²) in [5, 5.41) is 0.962. The molecule has 0 bridgehead atoms. The number of rotatable bonds is 2. The summed E-state index contributed by atoms with van der Waals surface area (Å²) in [5.74, 6) is 0.0299. The SMILES string of the molecule is CC(I)C(=O)c1ccc(Cl)cc1Cl.CN(C)C. The van der Waals surface area contributed by atoms with Crippen LogP contribution in [-0.4, -0.2) is 35.8 Å². The van der Waals surface area contributed by atoms with Crippen LogP contribution >= 0.6 is 45.8 Å². The van der Waals surface area contributed by atoms with Crippen molar-refractivity contribution in [3.63, 3.8) is 0 Å². The number of hydrogen-bond donors (Lipinski definition) is 0. The van der Waals surface area contributed by atoms with E-state index in [0.29, 0.717) is 15.6 Å². The molecule has 17 heavy (non-hydrogen) atoms. The zero-order valence-electron chi connectivity index (χ0n) is 10.3. The smallest absolute Gasteiger partial charge is 0.176 e. The molecule has 0 aromatic heterocycles. The summed E-state index contributed by atoms with van der Waals surface area (Å²) in [6, 6.07) is 4.90. The van der Waals surface area contributed by atoms with Gasteiger partial charge in [-0.2, -0.15) is 0 Å². The molecular weight excluding hydrogens is 372 g/mol. The molecule has 2 nitrogen and oxygen atoms in total. The molecule has 0 aliphatic carbocycles. The Bertz CT molecular complexity index is 378. The van der Waals surface area contributed by atoms with Gasteiger partial charge in [-0.1, -0.05) is 45.8 Å². The average Bonchev–Trinajstić information content (AvgIpc) is 2.15. The van der Waals surface area contributed by atoms with E-state index in [2.05, 4.69) is 22.6 Å². The van der Waals surface area contributed by atoms with Crippen molar-refractivity contribution in [2.24, 2.45) is 0 Å². The predicted octanol–water partition coefficient (Wildman–Crippen LogP) is 4.18. The summed E-state index contributed by atoms with van der Waals surface area (Å²) in [4.78, 5) is 13.5. The quantitative estimate of drug-likeness (QED) is 0.431. The van der Waals surface area contributed by atoms with Crippen molar-refractivity contribution in [2.45, 2.75) is 10.8 Å². The lowest BCUT2D eigenvalue weighted by Gasteiger charge is -2.04. The molecule has 1 atom stereocenters. The monoisotopic (exact) mass is 387 g/mol. The molecule has 1 aromatic rings. The highest BCUT2D eigenvalue weighted by Crippen LogP contribution is 2.23. The van der Waals surface area contributed by atoms with Gasteiger partial charge in [0.1, 0.15) is 0 Å². The van der Waals surface area contributed by atoms with E-state index in [-0.39, 0.29) is 9.71 Å². The Labute approximate surface area is 126 Å². The number of Topliss-reactive ketones (excluding diaryl/α,β-unsaturated/α-hetero) is 1. The number of benzene rings is 1. The third-order valence-corrected chi connectivity index (χ3v) is 2.67. The van der Waals surface area contributed by atoms with Crippen LogP contribution in [0.15, 0.2) is 18.2 Å². The Morgan fingerprint density at radius 3 is 2.12 bits per heavy atom. The van der Waals surface area contributed by atoms with Crippen molar-refractivity contribution in [1.82, 2.24) is 4.90 Å². The Balaban J connectivity index is 0.000000557. The first kappa shape index (κ1) is 17.2. The molecule has 0 fully saturated rings. The standard InChI is InChI=1S/C9H7Cl2IO.C3H9N/c1-5(12)9(13)7-3-2-6(10)4-8(7)11;1-4(2)3/h2-5H,1H3;1-3H3. The third kappa shape index (κ3) is 7.24. The Hall–Kier alpha value is 0.160. The number of halogens is 3. The van der Waals surface area contributed by atoms with Gasteiger partial charge in [-0.25, -0.2) is 0 Å². The molecule has 0 N–H and O–H groups in total. The number of hydrogen-bond acceptors (Lipinski definition) is 2. The Morgan fingerprint density at radius 1 is 1.29 bits per heavy atom. The molecular formula is C12H16Cl2INO. The summed E-state index contributed by atoms with van der Waals surface area (Å²) in [5.41, 5.74) is 0.535. The van der Waals surface area contributed by atoms with Crippen LogP contribution in [-0.2, 0) is 0 Å². The fraction of sp³-hybridized carbons (Fsp3) is 0.417. The summed E-state index contributed by atoms with van der Waals surface area (Å²) in [7, 11) is 6.00. The van der Waals surface area contributed by atoms with Gasteiger partial charge in [0.15, 0.2) is 5.78 Å². The van der Waals surface area contributed by atoms with Gasteiger partial charge in [0, 0.05) is 10.6 Å². The zero-order valence-corrected chi connectivity index (χ0v) is 14.0. The summed E-state index contributed by atoms with van der Waals surface area (Å²) in [6.07, 6.45) is 0. The lowest BCUT2D eigenvalue weighted by atomic mass is 10.1. The molecule has 5 heteroatoms. The van der Waals surface area contributed by atoms with Crippen LogP contribution in [0.2, 0.25) is 10.0 Å². The molecule has 0 radical (unpaired) electrons. The lowest BCUT2D eigenvalue weighted by Crippen LogP contribution is -2.10. The number of nitrogens with zero attached hydrogens (tertiary/aromatic N) is 1. The molecule has 1 aromatic carbocycles. The molecule has 0 amide bonds. The van der Waals surface area contributed by atoms with Crippen molar-refractivity contribution < 1.29 is 4.79 Å². The van der Waals surface area contributed by atoms with Gasteiger partial charge in [0.05, 0.1) is 8.95 Å². The second-order valence-corrected chi connectivity index (χ2v) is 6.66. The minimum Gasteiger partial charge on any atom is -0.312 e. The first-order valence-electron chi connectivity index (χ1n) is 5.00. The molecule has 0 aliphatic heterocycles. The maximum Gasteiger partial charge on any atom is 0.176 e. The fourth-order valence-corrected chi connectivity index (χ4v) is 1.74. The Morgan fingerprint density at radius 2 is 1.76 bits per heavy atom. The number of ketones is 1. The molecule has 0 saturated heterocycles. The maximum absolute atomic E-state index is 11.5. The van der Waals surface area contributed by atoms with Gasteiger partial charge in [-0.05, 0) is 46.3 Å². The van der Waals surface area contributed by atoms with Gasteiger partial charge in [0.25, 0.3) is 0 Å². The van der Waals surface area contributed by atoms with Crippen molar-refractivity contribution in [1.29, 1.82) is 0 Å². The first-order chi connectivity index (χ1) is 7.75. The molecule has 1 unspecified atom stereocenters. The van der Waals surface area contributed by atoms with E-state index in [9.17, 15) is 4.79 Å². The summed E-state index contributed by atoms with van der Waals surface area (Å²) in [6.45, 7) is 1.83. The van der Waals surface area contributed by atoms with Gasteiger partial charge in [-0.3, -0.25) is 4.79 Å². The summed E-state index contributed by atoms with van der Waals surface area (Å²) >= 11 is 13.6. The summed E-state index contributed by atoms with van der Waals surface area (Å²) < 4.78 is -0.0729. The second kappa shape index (κ2) is 8.29. The molecule has 0 aliphatic rings. The minimum atomic E-state index is -0.0729. The molecule has 0 spiro atoms. The normalized spacial score (nSPS) is 11.8. The fourth-order valence-electron chi connectivity index (χ4n) is 0.904. The minimum absolute atomic E-state index is 0.0299. The molecule has 1 rings (SSSR count). The van der Waals surface area contributed by atoms with Crippen LogP contribution in [0, 0.1) is 0 Å². The number of carbonyl (C=O) groups excluding carboxylic acids is 1. The van der Waals surface area contributed by atoms with Crippen molar-refractivity contribution in [2.75, 3.05) is 21.1 Å². The second-order valence-electron chi connectivity index (χ2n) is 3.95. The maximum atomic E-state index is 11.5. The lowest BCUT2D eigenvalue weighted by molar-refractivity contribution is 0.0998. The van der Waals surface area contributed by atoms with E-state index in [4.69, 9.17) is 23.2 Å². The van der Waals surface area contributed by atoms with E-state index in [0.717, 1.165) is 0 Å². The van der Waals surface area contributed by atoms with Crippen LogP contribution in [0.5, 0.6) is 0 Å². The van der Waals surface area contributed by atoms with Crippen LogP contribution in [0.3, 0.4) is 0 Å². The van der Waals surface area contributed by atoms with Crippen molar-refractivity contribution in [3.05, 3.63) is 33.8 Å². The topological polar surface area (TPSA) is 20.3 Å². The number of alkyl halides is 1. The van der Waals surface area contributed by atoms with E-state index in [1.807, 2.05) is 33.0 Å². The van der Waals surface area contributed by atoms with E-state index >= 15 is 0 Å². The molecule has 0 heterocycles. The van der Waals surface area contributed by atoms with E-state index in [1.54, 1.807) is 18.2 Å². The number of carbonyl (C=O) groups is 1.